The Hall–Kier alpha value is -1.49. The lowest BCUT2D eigenvalue weighted by atomic mass is 9.85. The molecule has 1 fully saturated rings. The molecule has 0 bridgehead atoms. The molecule has 0 amide bonds. The Morgan fingerprint density at radius 2 is 1.96 bits per heavy atom. The molecule has 9 heteroatoms. The molecule has 27 heavy (non-hydrogen) atoms. The summed E-state index contributed by atoms with van der Waals surface area (Å²) in [5, 5.41) is 39.2. The normalized spacial score (nSPS) is 38.3. The third-order valence-corrected chi connectivity index (χ3v) is 4.81. The summed E-state index contributed by atoms with van der Waals surface area (Å²) >= 11 is 0. The van der Waals surface area contributed by atoms with E-state index in [0.29, 0.717) is 17.6 Å². The standard InChI is InChI=1S/C18H28O9/c1-4-6-10-9(5-2)17(25-8-11(10)16(23)24-3)27-18-15(22)14(21)13(20)12(7-19)26-18/h5,8,10,12-15,17-22H,4,6-7H2,1-3H3/b9-5+/t10-,12+,13-,14-,15-,17+,18-/m0/s1. The topological polar surface area (TPSA) is 135 Å². The molecule has 0 aliphatic carbocycles. The van der Waals surface area contributed by atoms with E-state index in [2.05, 4.69) is 0 Å². The van der Waals surface area contributed by atoms with Gasteiger partial charge in [0.15, 0.2) is 6.29 Å². The van der Waals surface area contributed by atoms with Crippen molar-refractivity contribution in [2.24, 2.45) is 5.92 Å². The van der Waals surface area contributed by atoms with E-state index in [1.807, 2.05) is 6.92 Å². The maximum absolute atomic E-state index is 12.0. The van der Waals surface area contributed by atoms with Gasteiger partial charge >= 0.3 is 5.97 Å². The number of aliphatic hydroxyl groups is 4. The summed E-state index contributed by atoms with van der Waals surface area (Å²) in [5.74, 6) is -0.796. The fraction of sp³-hybridized carbons (Fsp3) is 0.722. The summed E-state index contributed by atoms with van der Waals surface area (Å²) in [7, 11) is 1.29. The van der Waals surface area contributed by atoms with Crippen molar-refractivity contribution in [3.05, 3.63) is 23.5 Å². The van der Waals surface area contributed by atoms with Crippen molar-refractivity contribution in [1.82, 2.24) is 0 Å². The molecule has 0 aromatic carbocycles. The highest BCUT2D eigenvalue weighted by Crippen LogP contribution is 2.36. The summed E-state index contributed by atoms with van der Waals surface area (Å²) in [6.07, 6.45) is -3.49. The minimum absolute atomic E-state index is 0.295. The van der Waals surface area contributed by atoms with E-state index < -0.39 is 49.6 Å². The highest BCUT2D eigenvalue weighted by atomic mass is 16.8. The molecular weight excluding hydrogens is 360 g/mol. The Morgan fingerprint density at radius 3 is 2.52 bits per heavy atom. The molecule has 4 N–H and O–H groups in total. The van der Waals surface area contributed by atoms with Crippen LogP contribution in [0.25, 0.3) is 0 Å². The number of hydrogen-bond donors (Lipinski definition) is 4. The Labute approximate surface area is 157 Å². The van der Waals surface area contributed by atoms with E-state index >= 15 is 0 Å². The minimum Gasteiger partial charge on any atom is -0.468 e. The van der Waals surface area contributed by atoms with Crippen molar-refractivity contribution in [1.29, 1.82) is 0 Å². The van der Waals surface area contributed by atoms with Crippen LogP contribution in [0.3, 0.4) is 0 Å². The quantitative estimate of drug-likeness (QED) is 0.353. The third kappa shape index (κ3) is 4.50. The Morgan fingerprint density at radius 1 is 1.26 bits per heavy atom. The SMILES string of the molecule is C/C=C1/[C@@H](O[C@@H]2O[C@H](CO)[C@H](O)[C@H](O)[C@@H]2O)OC=C(C(=O)OC)[C@H]1CCC. The summed E-state index contributed by atoms with van der Waals surface area (Å²) in [6, 6.07) is 0. The highest BCUT2D eigenvalue weighted by molar-refractivity contribution is 5.89. The first kappa shape index (κ1) is 21.8. The van der Waals surface area contributed by atoms with Gasteiger partial charge in [0.1, 0.15) is 24.4 Å². The lowest BCUT2D eigenvalue weighted by Gasteiger charge is -2.42. The Kier molecular flexibility index (Phi) is 7.78. The second-order valence-corrected chi connectivity index (χ2v) is 6.50. The van der Waals surface area contributed by atoms with Gasteiger partial charge in [0.2, 0.25) is 6.29 Å². The second-order valence-electron chi connectivity index (χ2n) is 6.50. The first-order valence-electron chi connectivity index (χ1n) is 8.95. The molecular formula is C18H28O9. The van der Waals surface area contributed by atoms with Crippen LogP contribution in [-0.2, 0) is 23.7 Å². The summed E-state index contributed by atoms with van der Waals surface area (Å²) < 4.78 is 21.4. The van der Waals surface area contributed by atoms with Crippen molar-refractivity contribution in [3.63, 3.8) is 0 Å². The van der Waals surface area contributed by atoms with Crippen LogP contribution in [0, 0.1) is 5.92 Å². The highest BCUT2D eigenvalue weighted by Gasteiger charge is 2.46. The molecule has 0 aromatic rings. The van der Waals surface area contributed by atoms with Crippen LogP contribution in [0.5, 0.6) is 0 Å². The molecule has 9 nitrogen and oxygen atoms in total. The van der Waals surface area contributed by atoms with Crippen LogP contribution in [-0.4, -0.2) is 77.1 Å². The molecule has 0 aromatic heterocycles. The van der Waals surface area contributed by atoms with Crippen molar-refractivity contribution < 1.29 is 44.2 Å². The molecule has 2 aliphatic rings. The zero-order valence-corrected chi connectivity index (χ0v) is 15.6. The lowest BCUT2D eigenvalue weighted by Crippen LogP contribution is -2.60. The molecule has 2 heterocycles. The van der Waals surface area contributed by atoms with Crippen LogP contribution in [0.2, 0.25) is 0 Å². The maximum Gasteiger partial charge on any atom is 0.337 e. The van der Waals surface area contributed by atoms with Crippen molar-refractivity contribution in [2.45, 2.75) is 63.7 Å². The number of esters is 1. The molecule has 2 aliphatic heterocycles. The predicted molar refractivity (Wildman–Crippen MR) is 92.0 cm³/mol. The van der Waals surface area contributed by atoms with Gasteiger partial charge < -0.3 is 39.4 Å². The fourth-order valence-electron chi connectivity index (χ4n) is 3.31. The van der Waals surface area contributed by atoms with Gasteiger partial charge in [-0.1, -0.05) is 19.4 Å². The Balaban J connectivity index is 2.22. The number of ether oxygens (including phenoxy) is 4. The van der Waals surface area contributed by atoms with Crippen molar-refractivity contribution in [2.75, 3.05) is 13.7 Å². The first-order chi connectivity index (χ1) is 12.9. The summed E-state index contributed by atoms with van der Waals surface area (Å²) in [5.41, 5.74) is 1.01. The number of allylic oxidation sites excluding steroid dienone is 1. The first-order valence-corrected chi connectivity index (χ1v) is 8.95. The number of carbonyl (C=O) groups excluding carboxylic acids is 1. The monoisotopic (exact) mass is 388 g/mol. The van der Waals surface area contributed by atoms with E-state index in [-0.39, 0.29) is 5.92 Å². The molecule has 0 saturated carbocycles. The van der Waals surface area contributed by atoms with Gasteiger partial charge in [-0.2, -0.15) is 0 Å². The van der Waals surface area contributed by atoms with Crippen LogP contribution in [0.1, 0.15) is 26.7 Å². The number of hydrogen-bond acceptors (Lipinski definition) is 9. The van der Waals surface area contributed by atoms with Crippen LogP contribution < -0.4 is 0 Å². The van der Waals surface area contributed by atoms with E-state index in [9.17, 15) is 25.2 Å². The minimum atomic E-state index is -1.55. The van der Waals surface area contributed by atoms with Gasteiger partial charge in [-0.05, 0) is 13.3 Å². The van der Waals surface area contributed by atoms with Gasteiger partial charge in [-0.15, -0.1) is 0 Å². The molecule has 0 unspecified atom stereocenters. The van der Waals surface area contributed by atoms with Crippen LogP contribution in [0.15, 0.2) is 23.5 Å². The number of methoxy groups -OCH3 is 1. The Bertz CT molecular complexity index is 571. The molecule has 2 rings (SSSR count). The number of aliphatic hydroxyl groups excluding tert-OH is 4. The van der Waals surface area contributed by atoms with Gasteiger partial charge in [0.25, 0.3) is 0 Å². The molecule has 7 atom stereocenters. The summed E-state index contributed by atoms with van der Waals surface area (Å²) in [4.78, 5) is 12.0. The van der Waals surface area contributed by atoms with E-state index in [0.717, 1.165) is 6.42 Å². The maximum atomic E-state index is 12.0. The molecule has 0 radical (unpaired) electrons. The third-order valence-electron chi connectivity index (χ3n) is 4.81. The molecule has 0 spiro atoms. The van der Waals surface area contributed by atoms with Crippen molar-refractivity contribution >= 4 is 5.97 Å². The van der Waals surface area contributed by atoms with Gasteiger partial charge in [0.05, 0.1) is 25.6 Å². The average Bonchev–Trinajstić information content (AvgIpc) is 2.68. The van der Waals surface area contributed by atoms with E-state index in [1.54, 1.807) is 13.0 Å². The molecule has 1 saturated heterocycles. The molecule has 154 valence electrons. The number of rotatable bonds is 6. The van der Waals surface area contributed by atoms with E-state index in [4.69, 9.17) is 18.9 Å². The average molecular weight is 388 g/mol. The van der Waals surface area contributed by atoms with Gasteiger partial charge in [-0.25, -0.2) is 4.79 Å². The van der Waals surface area contributed by atoms with Gasteiger partial charge in [0, 0.05) is 11.5 Å². The number of carbonyl (C=O) groups is 1. The second kappa shape index (κ2) is 9.63. The largest absolute Gasteiger partial charge is 0.468 e. The van der Waals surface area contributed by atoms with E-state index in [1.165, 1.54) is 13.4 Å². The van der Waals surface area contributed by atoms with Gasteiger partial charge in [-0.3, -0.25) is 0 Å². The van der Waals surface area contributed by atoms with Crippen molar-refractivity contribution in [3.8, 4) is 0 Å². The predicted octanol–water partition coefficient (Wildman–Crippen LogP) is -0.421. The van der Waals surface area contributed by atoms with Crippen LogP contribution >= 0.6 is 0 Å². The fourth-order valence-corrected chi connectivity index (χ4v) is 3.31. The zero-order valence-electron chi connectivity index (χ0n) is 15.6. The lowest BCUT2D eigenvalue weighted by molar-refractivity contribution is -0.327. The zero-order chi connectivity index (χ0) is 20.1. The smallest absolute Gasteiger partial charge is 0.337 e. The summed E-state index contributed by atoms with van der Waals surface area (Å²) in [6.45, 7) is 3.19. The van der Waals surface area contributed by atoms with Crippen LogP contribution in [0.4, 0.5) is 0 Å².